The van der Waals surface area contributed by atoms with Crippen molar-refractivity contribution < 1.29 is 9.90 Å². The summed E-state index contributed by atoms with van der Waals surface area (Å²) in [6, 6.07) is 3.14. The van der Waals surface area contributed by atoms with Gasteiger partial charge in [-0.2, -0.15) is 0 Å². The highest BCUT2D eigenvalue weighted by molar-refractivity contribution is 8.00. The topological polar surface area (TPSA) is 76.0 Å². The molecule has 17 heavy (non-hydrogen) atoms. The molecule has 1 N–H and O–H groups in total. The second-order valence-corrected chi connectivity index (χ2v) is 5.25. The molecule has 0 unspecified atom stereocenters. The molecule has 0 bridgehead atoms. The summed E-state index contributed by atoms with van der Waals surface area (Å²) in [5.74, 6) is -0.943. The quantitative estimate of drug-likeness (QED) is 0.916. The predicted octanol–water partition coefficient (Wildman–Crippen LogP) is 2.34. The number of rotatable bonds is 4. The zero-order valence-corrected chi connectivity index (χ0v) is 10.6. The molecule has 2 aromatic rings. The van der Waals surface area contributed by atoms with Gasteiger partial charge in [0.05, 0.1) is 5.56 Å². The normalized spacial score (nSPS) is 10.4. The van der Waals surface area contributed by atoms with Crippen molar-refractivity contribution in [3.8, 4) is 0 Å². The third-order valence-corrected chi connectivity index (χ3v) is 3.69. The molecule has 2 heterocycles. The Balaban J connectivity index is 2.33. The predicted molar refractivity (Wildman–Crippen MR) is 64.6 cm³/mol. The largest absolute Gasteiger partial charge is 0.478 e. The molecule has 0 aromatic carbocycles. The van der Waals surface area contributed by atoms with E-state index in [1.807, 2.05) is 6.92 Å². The highest BCUT2D eigenvalue weighted by Crippen LogP contribution is 2.27. The number of nitrogens with zero attached hydrogens (tertiary/aromatic N) is 3. The lowest BCUT2D eigenvalue weighted by Crippen LogP contribution is -2.00. The second-order valence-electron chi connectivity index (χ2n) is 3.15. The van der Waals surface area contributed by atoms with E-state index >= 15 is 0 Å². The first-order valence-electron chi connectivity index (χ1n) is 4.87. The number of aryl methyl sites for hydroxylation is 1. The maximum Gasteiger partial charge on any atom is 0.335 e. The Hall–Kier alpha value is -1.47. The van der Waals surface area contributed by atoms with Crippen molar-refractivity contribution in [3.63, 3.8) is 0 Å². The van der Waals surface area contributed by atoms with Crippen molar-refractivity contribution in [2.75, 3.05) is 0 Å². The monoisotopic (exact) mass is 267 g/mol. The Bertz CT molecular complexity index is 528. The Morgan fingerprint density at radius 2 is 2.35 bits per heavy atom. The van der Waals surface area contributed by atoms with Crippen LogP contribution in [0.15, 0.2) is 27.0 Å². The van der Waals surface area contributed by atoms with Crippen LogP contribution in [0.2, 0.25) is 0 Å². The zero-order chi connectivity index (χ0) is 12.3. The van der Waals surface area contributed by atoms with Crippen molar-refractivity contribution in [2.24, 2.45) is 0 Å². The Morgan fingerprint density at radius 1 is 1.53 bits per heavy atom. The van der Waals surface area contributed by atoms with Gasteiger partial charge in [0.2, 0.25) is 0 Å². The molecule has 0 atom stereocenters. The van der Waals surface area contributed by atoms with Crippen LogP contribution >= 0.6 is 23.1 Å². The first-order chi connectivity index (χ1) is 8.19. The molecule has 2 rings (SSSR count). The first-order valence-corrected chi connectivity index (χ1v) is 6.57. The van der Waals surface area contributed by atoms with Crippen molar-refractivity contribution in [1.82, 2.24) is 15.2 Å². The standard InChI is InChI=1S/C10H9N3O2S2/c1-2-7-3-6(9(14)15)4-8(12-7)17-10-13-11-5-16-10/h3-5H,2H2,1H3,(H,14,15). The molecule has 0 fully saturated rings. The average molecular weight is 267 g/mol. The van der Waals surface area contributed by atoms with E-state index in [2.05, 4.69) is 15.2 Å². The van der Waals surface area contributed by atoms with E-state index in [0.717, 1.165) is 10.0 Å². The summed E-state index contributed by atoms with van der Waals surface area (Å²) in [6.07, 6.45) is 0.699. The van der Waals surface area contributed by atoms with E-state index in [9.17, 15) is 4.79 Å². The first kappa shape index (κ1) is 12.0. The minimum atomic E-state index is -0.943. The zero-order valence-electron chi connectivity index (χ0n) is 8.95. The third kappa shape index (κ3) is 3.01. The summed E-state index contributed by atoms with van der Waals surface area (Å²) in [5, 5.41) is 17.2. The van der Waals surface area contributed by atoms with Gasteiger partial charge in [0.1, 0.15) is 10.5 Å². The number of hydrogen-bond acceptors (Lipinski definition) is 6. The summed E-state index contributed by atoms with van der Waals surface area (Å²) >= 11 is 2.72. The third-order valence-electron chi connectivity index (χ3n) is 2.00. The lowest BCUT2D eigenvalue weighted by molar-refractivity contribution is 0.0696. The van der Waals surface area contributed by atoms with Gasteiger partial charge in [-0.05, 0) is 30.3 Å². The van der Waals surface area contributed by atoms with Crippen LogP contribution in [0.4, 0.5) is 0 Å². The van der Waals surface area contributed by atoms with Crippen LogP contribution in [0.5, 0.6) is 0 Å². The number of carboxylic acids is 1. The fourth-order valence-corrected chi connectivity index (χ4v) is 2.69. The van der Waals surface area contributed by atoms with Crippen LogP contribution < -0.4 is 0 Å². The average Bonchev–Trinajstić information content (AvgIpc) is 2.81. The van der Waals surface area contributed by atoms with Crippen LogP contribution in [-0.2, 0) is 6.42 Å². The van der Waals surface area contributed by atoms with Gasteiger partial charge in [0.25, 0.3) is 0 Å². The van der Waals surface area contributed by atoms with Gasteiger partial charge in [0.15, 0.2) is 4.34 Å². The minimum Gasteiger partial charge on any atom is -0.478 e. The fourth-order valence-electron chi connectivity index (χ4n) is 1.21. The highest BCUT2D eigenvalue weighted by atomic mass is 32.2. The smallest absolute Gasteiger partial charge is 0.335 e. The van der Waals surface area contributed by atoms with E-state index in [0.29, 0.717) is 11.4 Å². The van der Waals surface area contributed by atoms with Gasteiger partial charge < -0.3 is 5.11 Å². The molecular weight excluding hydrogens is 258 g/mol. The molecule has 0 spiro atoms. The minimum absolute atomic E-state index is 0.254. The summed E-state index contributed by atoms with van der Waals surface area (Å²) < 4.78 is 0.752. The maximum absolute atomic E-state index is 11.0. The fraction of sp³-hybridized carbons (Fsp3) is 0.200. The molecule has 0 aliphatic carbocycles. The van der Waals surface area contributed by atoms with Crippen LogP contribution in [-0.4, -0.2) is 26.3 Å². The molecule has 88 valence electrons. The molecule has 5 nitrogen and oxygen atoms in total. The van der Waals surface area contributed by atoms with Gasteiger partial charge >= 0.3 is 5.97 Å². The Morgan fingerprint density at radius 3 is 2.94 bits per heavy atom. The maximum atomic E-state index is 11.0. The van der Waals surface area contributed by atoms with E-state index in [1.54, 1.807) is 17.6 Å². The molecule has 0 saturated carbocycles. The van der Waals surface area contributed by atoms with Gasteiger partial charge in [-0.1, -0.05) is 18.3 Å². The second kappa shape index (κ2) is 5.24. The number of carbonyl (C=O) groups is 1. The molecule has 0 saturated heterocycles. The molecule has 7 heteroatoms. The van der Waals surface area contributed by atoms with Crippen LogP contribution in [0.3, 0.4) is 0 Å². The number of pyridine rings is 1. The molecule has 0 amide bonds. The van der Waals surface area contributed by atoms with E-state index in [4.69, 9.17) is 5.11 Å². The summed E-state index contributed by atoms with van der Waals surface area (Å²) in [4.78, 5) is 15.3. The van der Waals surface area contributed by atoms with E-state index in [-0.39, 0.29) is 5.56 Å². The number of aromatic nitrogens is 3. The number of aromatic carboxylic acids is 1. The molecular formula is C10H9N3O2S2. The lowest BCUT2D eigenvalue weighted by Gasteiger charge is -2.03. The van der Waals surface area contributed by atoms with Gasteiger partial charge in [0, 0.05) is 5.69 Å². The molecule has 2 aromatic heterocycles. The summed E-state index contributed by atoms with van der Waals surface area (Å²) in [7, 11) is 0. The van der Waals surface area contributed by atoms with Crippen molar-refractivity contribution >= 4 is 29.1 Å². The SMILES string of the molecule is CCc1cc(C(=O)O)cc(Sc2nncs2)n1. The Labute approximate surface area is 106 Å². The Kier molecular flexibility index (Phi) is 3.70. The molecule has 0 radical (unpaired) electrons. The van der Waals surface area contributed by atoms with Gasteiger partial charge in [-0.3, -0.25) is 0 Å². The van der Waals surface area contributed by atoms with Crippen LogP contribution in [0.1, 0.15) is 23.0 Å². The van der Waals surface area contributed by atoms with Crippen molar-refractivity contribution in [3.05, 3.63) is 28.9 Å². The molecule has 0 aliphatic heterocycles. The number of hydrogen-bond donors (Lipinski definition) is 1. The summed E-state index contributed by atoms with van der Waals surface area (Å²) in [5.41, 5.74) is 2.64. The van der Waals surface area contributed by atoms with Gasteiger partial charge in [-0.15, -0.1) is 10.2 Å². The highest BCUT2D eigenvalue weighted by Gasteiger charge is 2.10. The summed E-state index contributed by atoms with van der Waals surface area (Å²) in [6.45, 7) is 1.94. The number of carboxylic acid groups (broad SMARTS) is 1. The van der Waals surface area contributed by atoms with E-state index in [1.165, 1.54) is 23.1 Å². The molecule has 0 aliphatic rings. The van der Waals surface area contributed by atoms with Crippen LogP contribution in [0, 0.1) is 0 Å². The van der Waals surface area contributed by atoms with Crippen molar-refractivity contribution in [2.45, 2.75) is 22.7 Å². The lowest BCUT2D eigenvalue weighted by atomic mass is 10.2. The van der Waals surface area contributed by atoms with Crippen molar-refractivity contribution in [1.29, 1.82) is 0 Å². The van der Waals surface area contributed by atoms with Gasteiger partial charge in [-0.25, -0.2) is 9.78 Å². The van der Waals surface area contributed by atoms with E-state index < -0.39 is 5.97 Å². The van der Waals surface area contributed by atoms with Crippen LogP contribution in [0.25, 0.3) is 0 Å².